The lowest BCUT2D eigenvalue weighted by atomic mass is 10.1. The highest BCUT2D eigenvalue weighted by atomic mass is 32.2. The van der Waals surface area contributed by atoms with Crippen molar-refractivity contribution in [2.45, 2.75) is 52.6 Å². The van der Waals surface area contributed by atoms with Gasteiger partial charge in [0.1, 0.15) is 0 Å². The van der Waals surface area contributed by atoms with Crippen molar-refractivity contribution in [1.29, 1.82) is 0 Å². The van der Waals surface area contributed by atoms with Crippen molar-refractivity contribution in [2.75, 3.05) is 58.7 Å². The lowest BCUT2D eigenvalue weighted by molar-refractivity contribution is -0.134. The number of carbonyl (C=O) groups excluding carboxylic acids is 3. The predicted octanol–water partition coefficient (Wildman–Crippen LogP) is 1.94. The second kappa shape index (κ2) is 15.5. The van der Waals surface area contributed by atoms with Gasteiger partial charge >= 0.3 is 0 Å². The molecule has 3 amide bonds. The maximum atomic E-state index is 12.4. The molecule has 0 aromatic heterocycles. The van der Waals surface area contributed by atoms with Gasteiger partial charge in [-0.1, -0.05) is 25.6 Å². The van der Waals surface area contributed by atoms with Gasteiger partial charge in [-0.15, -0.1) is 0 Å². The fraction of sp³-hybridized carbons (Fsp3) is 0.857. The number of carbonyl (C=O) groups is 3. The van der Waals surface area contributed by atoms with Gasteiger partial charge in [-0.2, -0.15) is 0 Å². The maximum absolute atomic E-state index is 12.4. The van der Waals surface area contributed by atoms with Crippen LogP contribution in [0.25, 0.3) is 0 Å². The molecule has 1 heterocycles. The van der Waals surface area contributed by atoms with Crippen LogP contribution < -0.4 is 10.6 Å². The minimum atomic E-state index is -0.0348. The first-order chi connectivity index (χ1) is 14.3. The van der Waals surface area contributed by atoms with Crippen LogP contribution in [-0.4, -0.2) is 91.6 Å². The Morgan fingerprint density at radius 2 is 1.73 bits per heavy atom. The molecule has 9 heteroatoms. The summed E-state index contributed by atoms with van der Waals surface area (Å²) < 4.78 is 5.70. The van der Waals surface area contributed by atoms with Crippen LogP contribution in [0.15, 0.2) is 0 Å². The van der Waals surface area contributed by atoms with Crippen LogP contribution in [-0.2, 0) is 14.3 Å². The SMILES string of the molecule is CSC(=O)NCCC(C)OCCC(=O)N1CCN(CCCNC(=O)CC(C)C)CC1. The molecule has 0 aromatic rings. The monoisotopic (exact) mass is 444 g/mol. The summed E-state index contributed by atoms with van der Waals surface area (Å²) in [6.45, 7) is 11.9. The summed E-state index contributed by atoms with van der Waals surface area (Å²) >= 11 is 1.16. The summed E-state index contributed by atoms with van der Waals surface area (Å²) in [5.74, 6) is 0.650. The third kappa shape index (κ3) is 12.4. The Balaban J connectivity index is 2.07. The Bertz CT molecular complexity index is 525. The van der Waals surface area contributed by atoms with Gasteiger partial charge in [0, 0.05) is 45.7 Å². The summed E-state index contributed by atoms with van der Waals surface area (Å²) in [5, 5.41) is 5.73. The molecule has 8 nitrogen and oxygen atoms in total. The molecular formula is C21H40N4O4S. The second-order valence-corrected chi connectivity index (χ2v) is 8.94. The molecule has 174 valence electrons. The maximum Gasteiger partial charge on any atom is 0.278 e. The van der Waals surface area contributed by atoms with Crippen LogP contribution in [0.4, 0.5) is 4.79 Å². The number of amides is 3. The normalized spacial score (nSPS) is 15.8. The quantitative estimate of drug-likeness (QED) is 0.422. The standard InChI is InChI=1S/C21H40N4O4S/c1-17(2)16-19(26)22-8-5-10-24-11-13-25(14-12-24)20(27)7-15-29-18(3)6-9-23-21(28)30-4/h17-18H,5-16H2,1-4H3,(H,22,26)(H,23,28). The van der Waals surface area contributed by atoms with Crippen molar-refractivity contribution in [3.63, 3.8) is 0 Å². The van der Waals surface area contributed by atoms with Crippen LogP contribution in [0.5, 0.6) is 0 Å². The summed E-state index contributed by atoms with van der Waals surface area (Å²) in [7, 11) is 0. The van der Waals surface area contributed by atoms with E-state index in [0.29, 0.717) is 38.5 Å². The van der Waals surface area contributed by atoms with E-state index in [1.807, 2.05) is 25.7 Å². The van der Waals surface area contributed by atoms with Crippen LogP contribution in [0, 0.1) is 5.92 Å². The number of rotatable bonds is 13. The molecule has 1 fully saturated rings. The van der Waals surface area contributed by atoms with E-state index in [-0.39, 0.29) is 23.2 Å². The molecule has 1 unspecified atom stereocenters. The van der Waals surface area contributed by atoms with E-state index in [1.165, 1.54) is 0 Å². The molecule has 0 spiro atoms. The Morgan fingerprint density at radius 3 is 2.37 bits per heavy atom. The molecule has 1 rings (SSSR count). The van der Waals surface area contributed by atoms with Gasteiger partial charge in [0.05, 0.1) is 19.1 Å². The van der Waals surface area contributed by atoms with Crippen molar-refractivity contribution < 1.29 is 19.1 Å². The van der Waals surface area contributed by atoms with Gasteiger partial charge < -0.3 is 20.3 Å². The molecular weight excluding hydrogens is 404 g/mol. The minimum absolute atomic E-state index is 0.0119. The van der Waals surface area contributed by atoms with Gasteiger partial charge in [0.15, 0.2) is 0 Å². The lowest BCUT2D eigenvalue weighted by Crippen LogP contribution is -2.49. The number of thioether (sulfide) groups is 1. The summed E-state index contributed by atoms with van der Waals surface area (Å²) in [6, 6.07) is 0. The zero-order valence-corrected chi connectivity index (χ0v) is 19.9. The molecule has 2 N–H and O–H groups in total. The highest BCUT2D eigenvalue weighted by Crippen LogP contribution is 2.06. The molecule has 0 bridgehead atoms. The first-order valence-electron chi connectivity index (χ1n) is 11.0. The Hall–Kier alpha value is -1.32. The van der Waals surface area contributed by atoms with E-state index in [1.54, 1.807) is 6.26 Å². The second-order valence-electron chi connectivity index (χ2n) is 8.16. The van der Waals surface area contributed by atoms with Crippen LogP contribution in [0.3, 0.4) is 0 Å². The van der Waals surface area contributed by atoms with E-state index >= 15 is 0 Å². The van der Waals surface area contributed by atoms with Gasteiger partial charge in [-0.25, -0.2) is 0 Å². The summed E-state index contributed by atoms with van der Waals surface area (Å²) in [4.78, 5) is 39.4. The first-order valence-corrected chi connectivity index (χ1v) is 12.2. The Labute approximate surface area is 185 Å². The summed E-state index contributed by atoms with van der Waals surface area (Å²) in [5.41, 5.74) is 0. The molecule has 0 aliphatic carbocycles. The zero-order valence-electron chi connectivity index (χ0n) is 19.1. The summed E-state index contributed by atoms with van der Waals surface area (Å²) in [6.07, 6.45) is 4.40. The van der Waals surface area contributed by atoms with Crippen molar-refractivity contribution >= 4 is 28.8 Å². The van der Waals surface area contributed by atoms with Gasteiger partial charge in [0.25, 0.3) is 5.24 Å². The highest BCUT2D eigenvalue weighted by molar-refractivity contribution is 8.12. The lowest BCUT2D eigenvalue weighted by Gasteiger charge is -2.34. The molecule has 1 atom stereocenters. The average molecular weight is 445 g/mol. The van der Waals surface area contributed by atoms with E-state index in [4.69, 9.17) is 4.74 Å². The van der Waals surface area contributed by atoms with Crippen LogP contribution in [0.1, 0.15) is 46.5 Å². The predicted molar refractivity (Wildman–Crippen MR) is 122 cm³/mol. The number of nitrogens with one attached hydrogen (secondary N) is 2. The van der Waals surface area contributed by atoms with E-state index < -0.39 is 0 Å². The molecule has 1 aliphatic rings. The van der Waals surface area contributed by atoms with Gasteiger partial charge in [0.2, 0.25) is 11.8 Å². The molecule has 0 saturated carbocycles. The first kappa shape index (κ1) is 26.7. The van der Waals surface area contributed by atoms with Gasteiger partial charge in [-0.3, -0.25) is 19.3 Å². The third-order valence-electron chi connectivity index (χ3n) is 5.02. The molecule has 30 heavy (non-hydrogen) atoms. The number of hydrogen-bond acceptors (Lipinski definition) is 6. The molecule has 0 aromatic carbocycles. The minimum Gasteiger partial charge on any atom is -0.378 e. The van der Waals surface area contributed by atoms with Crippen molar-refractivity contribution in [3.05, 3.63) is 0 Å². The number of ether oxygens (including phenoxy) is 1. The topological polar surface area (TPSA) is 91.0 Å². The van der Waals surface area contributed by atoms with Gasteiger partial charge in [-0.05, 0) is 38.5 Å². The van der Waals surface area contributed by atoms with E-state index in [9.17, 15) is 14.4 Å². The van der Waals surface area contributed by atoms with E-state index in [0.717, 1.165) is 57.3 Å². The highest BCUT2D eigenvalue weighted by Gasteiger charge is 2.20. The van der Waals surface area contributed by atoms with Crippen molar-refractivity contribution in [2.24, 2.45) is 5.92 Å². The van der Waals surface area contributed by atoms with Crippen LogP contribution >= 0.6 is 11.8 Å². The Kier molecular flexibility index (Phi) is 13.8. The number of hydrogen-bond donors (Lipinski definition) is 2. The third-order valence-corrected chi connectivity index (χ3v) is 5.53. The van der Waals surface area contributed by atoms with Crippen LogP contribution in [0.2, 0.25) is 0 Å². The number of nitrogens with zero attached hydrogens (tertiary/aromatic N) is 2. The fourth-order valence-electron chi connectivity index (χ4n) is 3.23. The zero-order chi connectivity index (χ0) is 22.4. The largest absolute Gasteiger partial charge is 0.378 e. The smallest absolute Gasteiger partial charge is 0.278 e. The Morgan fingerprint density at radius 1 is 1.03 bits per heavy atom. The van der Waals surface area contributed by atoms with Crippen molar-refractivity contribution in [3.8, 4) is 0 Å². The molecule has 0 radical (unpaired) electrons. The van der Waals surface area contributed by atoms with E-state index in [2.05, 4.69) is 15.5 Å². The average Bonchev–Trinajstić information content (AvgIpc) is 2.70. The number of piperazine rings is 1. The molecule has 1 aliphatic heterocycles. The fourth-order valence-corrected chi connectivity index (χ4v) is 3.48. The van der Waals surface area contributed by atoms with Crippen molar-refractivity contribution in [1.82, 2.24) is 20.4 Å². The molecule has 1 saturated heterocycles.